The van der Waals surface area contributed by atoms with Crippen molar-refractivity contribution >= 4 is 0 Å². The van der Waals surface area contributed by atoms with Gasteiger partial charge in [0, 0.05) is 30.9 Å². The van der Waals surface area contributed by atoms with Gasteiger partial charge in [-0.15, -0.1) is 0 Å². The molecule has 0 saturated carbocycles. The first kappa shape index (κ1) is 9.78. The second-order valence-electron chi connectivity index (χ2n) is 4.61. The molecule has 1 aliphatic heterocycles. The lowest BCUT2D eigenvalue weighted by atomic mass is 10.2. The average Bonchev–Trinajstić information content (AvgIpc) is 2.72. The Morgan fingerprint density at radius 2 is 2.36 bits per heavy atom. The van der Waals surface area contributed by atoms with Crippen molar-refractivity contribution in [1.29, 1.82) is 0 Å². The summed E-state index contributed by atoms with van der Waals surface area (Å²) in [5.41, 5.74) is 2.65. The van der Waals surface area contributed by atoms with Gasteiger partial charge in [0.1, 0.15) is 0 Å². The maximum absolute atomic E-state index is 3.38. The van der Waals surface area contributed by atoms with Crippen LogP contribution in [0.2, 0.25) is 0 Å². The molecule has 0 aliphatic carbocycles. The fraction of sp³-hybridized carbons (Fsp3) is 0.667. The van der Waals surface area contributed by atoms with E-state index in [4.69, 9.17) is 0 Å². The van der Waals surface area contributed by atoms with Gasteiger partial charge in [0.15, 0.2) is 0 Å². The van der Waals surface area contributed by atoms with Crippen molar-refractivity contribution in [2.75, 3.05) is 19.6 Å². The highest BCUT2D eigenvalue weighted by molar-refractivity contribution is 5.11. The van der Waals surface area contributed by atoms with Crippen molar-refractivity contribution in [3.05, 3.63) is 23.5 Å². The van der Waals surface area contributed by atoms with Crippen LogP contribution in [0.25, 0.3) is 0 Å². The third kappa shape index (κ3) is 2.38. The molecular formula is C12H20N2. The number of H-pyrrole nitrogens is 1. The van der Waals surface area contributed by atoms with Crippen LogP contribution in [0.4, 0.5) is 0 Å². The van der Waals surface area contributed by atoms with Crippen LogP contribution < -0.4 is 0 Å². The summed E-state index contributed by atoms with van der Waals surface area (Å²) in [5, 5.41) is 0. The minimum absolute atomic E-state index is 0.903. The Balaban J connectivity index is 1.77. The molecule has 2 heterocycles. The predicted molar refractivity (Wildman–Crippen MR) is 59.5 cm³/mol. The maximum Gasteiger partial charge on any atom is 0.0162 e. The molecule has 14 heavy (non-hydrogen) atoms. The van der Waals surface area contributed by atoms with E-state index in [1.165, 1.54) is 43.9 Å². The van der Waals surface area contributed by atoms with E-state index in [0.717, 1.165) is 5.92 Å². The van der Waals surface area contributed by atoms with Crippen molar-refractivity contribution in [1.82, 2.24) is 9.88 Å². The summed E-state index contributed by atoms with van der Waals surface area (Å²) in [5.74, 6) is 0.903. The first-order chi connectivity index (χ1) is 6.74. The van der Waals surface area contributed by atoms with Crippen molar-refractivity contribution in [2.45, 2.75) is 26.7 Å². The number of nitrogens with zero attached hydrogens (tertiary/aromatic N) is 1. The van der Waals surface area contributed by atoms with Gasteiger partial charge >= 0.3 is 0 Å². The largest absolute Gasteiger partial charge is 0.362 e. The second-order valence-corrected chi connectivity index (χ2v) is 4.61. The summed E-state index contributed by atoms with van der Waals surface area (Å²) in [6.07, 6.45) is 2.55. The Labute approximate surface area is 86.3 Å². The first-order valence-corrected chi connectivity index (χ1v) is 5.61. The molecule has 0 amide bonds. The lowest BCUT2D eigenvalue weighted by Gasteiger charge is -2.14. The number of hydrogen-bond donors (Lipinski definition) is 1. The molecule has 1 fully saturated rings. The molecule has 78 valence electrons. The minimum atomic E-state index is 0.903. The van der Waals surface area contributed by atoms with Crippen LogP contribution in [0.15, 0.2) is 12.1 Å². The summed E-state index contributed by atoms with van der Waals surface area (Å²) in [7, 11) is 0. The van der Waals surface area contributed by atoms with Crippen LogP contribution >= 0.6 is 0 Å². The number of rotatable bonds is 3. The summed E-state index contributed by atoms with van der Waals surface area (Å²) in [6, 6.07) is 4.36. The topological polar surface area (TPSA) is 19.0 Å². The molecule has 0 spiro atoms. The van der Waals surface area contributed by atoms with Crippen LogP contribution in [-0.4, -0.2) is 29.5 Å². The van der Waals surface area contributed by atoms with Crippen LogP contribution in [0.1, 0.15) is 24.7 Å². The lowest BCUT2D eigenvalue weighted by molar-refractivity contribution is 0.331. The standard InChI is InChI=1S/C12H20N2/c1-10-5-7-14(9-10)8-6-12-4-3-11(2)13-12/h3-4,10,13H,5-9H2,1-2H3. The van der Waals surface area contributed by atoms with E-state index >= 15 is 0 Å². The molecule has 1 aliphatic rings. The summed E-state index contributed by atoms with van der Waals surface area (Å²) >= 11 is 0. The number of likely N-dealkylation sites (tertiary alicyclic amines) is 1. The molecule has 0 bridgehead atoms. The van der Waals surface area contributed by atoms with Gasteiger partial charge in [0.25, 0.3) is 0 Å². The Kier molecular flexibility index (Phi) is 2.92. The molecule has 0 aromatic carbocycles. The normalized spacial score (nSPS) is 23.1. The lowest BCUT2D eigenvalue weighted by Crippen LogP contribution is -2.23. The molecular weight excluding hydrogens is 172 g/mol. The van der Waals surface area contributed by atoms with Gasteiger partial charge in [-0.3, -0.25) is 0 Å². The number of aryl methyl sites for hydroxylation is 1. The zero-order valence-corrected chi connectivity index (χ0v) is 9.21. The molecule has 2 heteroatoms. The molecule has 1 unspecified atom stereocenters. The maximum atomic E-state index is 3.38. The van der Waals surface area contributed by atoms with E-state index in [9.17, 15) is 0 Å². The van der Waals surface area contributed by atoms with Crippen molar-refractivity contribution < 1.29 is 0 Å². The van der Waals surface area contributed by atoms with Crippen molar-refractivity contribution in [3.63, 3.8) is 0 Å². The highest BCUT2D eigenvalue weighted by Crippen LogP contribution is 2.15. The average molecular weight is 192 g/mol. The molecule has 1 atom stereocenters. The van der Waals surface area contributed by atoms with E-state index in [1.54, 1.807) is 0 Å². The third-order valence-electron chi connectivity index (χ3n) is 3.10. The zero-order chi connectivity index (χ0) is 9.97. The van der Waals surface area contributed by atoms with E-state index < -0.39 is 0 Å². The molecule has 0 radical (unpaired) electrons. The van der Waals surface area contributed by atoms with Crippen molar-refractivity contribution in [2.24, 2.45) is 5.92 Å². The summed E-state index contributed by atoms with van der Waals surface area (Å²) in [4.78, 5) is 5.95. The third-order valence-corrected chi connectivity index (χ3v) is 3.10. The fourth-order valence-electron chi connectivity index (χ4n) is 2.22. The Hall–Kier alpha value is -0.760. The SMILES string of the molecule is Cc1ccc(CCN2CCC(C)C2)[nH]1. The quantitative estimate of drug-likeness (QED) is 0.778. The van der Waals surface area contributed by atoms with E-state index in [0.29, 0.717) is 0 Å². The van der Waals surface area contributed by atoms with E-state index in [1.807, 2.05) is 0 Å². The molecule has 2 nitrogen and oxygen atoms in total. The van der Waals surface area contributed by atoms with Gasteiger partial charge in [-0.1, -0.05) is 6.92 Å². The van der Waals surface area contributed by atoms with Crippen LogP contribution in [0.3, 0.4) is 0 Å². The molecule has 1 saturated heterocycles. The van der Waals surface area contributed by atoms with Crippen LogP contribution in [0.5, 0.6) is 0 Å². The second kappa shape index (κ2) is 4.18. The highest BCUT2D eigenvalue weighted by atomic mass is 15.1. The molecule has 1 N–H and O–H groups in total. The monoisotopic (exact) mass is 192 g/mol. The van der Waals surface area contributed by atoms with Gasteiger partial charge in [-0.2, -0.15) is 0 Å². The van der Waals surface area contributed by atoms with Gasteiger partial charge in [-0.25, -0.2) is 0 Å². The van der Waals surface area contributed by atoms with Crippen LogP contribution in [-0.2, 0) is 6.42 Å². The minimum Gasteiger partial charge on any atom is -0.362 e. The Bertz CT molecular complexity index is 290. The van der Waals surface area contributed by atoms with E-state index in [2.05, 4.69) is 35.9 Å². The Morgan fingerprint density at radius 1 is 1.50 bits per heavy atom. The number of aromatic amines is 1. The first-order valence-electron chi connectivity index (χ1n) is 5.61. The molecule has 1 aromatic rings. The highest BCUT2D eigenvalue weighted by Gasteiger charge is 2.17. The predicted octanol–water partition coefficient (Wildman–Crippen LogP) is 2.21. The number of nitrogens with one attached hydrogen (secondary N) is 1. The van der Waals surface area contributed by atoms with Gasteiger partial charge in [-0.05, 0) is 37.9 Å². The zero-order valence-electron chi connectivity index (χ0n) is 9.21. The summed E-state index contributed by atoms with van der Waals surface area (Å²) in [6.45, 7) is 8.26. The molecule has 1 aromatic heterocycles. The number of aromatic nitrogens is 1. The van der Waals surface area contributed by atoms with Gasteiger partial charge in [0.2, 0.25) is 0 Å². The van der Waals surface area contributed by atoms with Crippen molar-refractivity contribution in [3.8, 4) is 0 Å². The molecule has 2 rings (SSSR count). The van der Waals surface area contributed by atoms with Gasteiger partial charge in [0.05, 0.1) is 0 Å². The summed E-state index contributed by atoms with van der Waals surface area (Å²) < 4.78 is 0. The Morgan fingerprint density at radius 3 is 2.93 bits per heavy atom. The van der Waals surface area contributed by atoms with Gasteiger partial charge < -0.3 is 9.88 Å². The van der Waals surface area contributed by atoms with Crippen LogP contribution in [0, 0.1) is 12.8 Å². The number of hydrogen-bond acceptors (Lipinski definition) is 1. The fourth-order valence-corrected chi connectivity index (χ4v) is 2.22. The van der Waals surface area contributed by atoms with E-state index in [-0.39, 0.29) is 0 Å². The smallest absolute Gasteiger partial charge is 0.0162 e.